The third-order valence-corrected chi connectivity index (χ3v) is 6.89. The molecule has 0 unspecified atom stereocenters. The molecule has 8 heteroatoms. The van der Waals surface area contributed by atoms with Gasteiger partial charge in [-0.1, -0.05) is 23.4 Å². The Morgan fingerprint density at radius 3 is 2.67 bits per heavy atom. The average molecular weight is 417 g/mol. The first kappa shape index (κ1) is 19.5. The summed E-state index contributed by atoms with van der Waals surface area (Å²) in [5, 5.41) is 4.05. The molecule has 1 amide bonds. The lowest BCUT2D eigenvalue weighted by Gasteiger charge is -2.36. The van der Waals surface area contributed by atoms with Gasteiger partial charge in [0.1, 0.15) is 5.75 Å². The number of alkyl halides is 2. The predicted molar refractivity (Wildman–Crippen MR) is 103 cm³/mol. The Morgan fingerprint density at radius 1 is 1.17 bits per heavy atom. The van der Waals surface area contributed by atoms with Crippen LogP contribution in [-0.2, 0) is 11.4 Å². The lowest BCUT2D eigenvalue weighted by atomic mass is 9.78. The maximum atomic E-state index is 13.5. The molecular formula is C22H25F2N3O3. The summed E-state index contributed by atoms with van der Waals surface area (Å²) < 4.78 is 38.3. The van der Waals surface area contributed by atoms with Gasteiger partial charge in [0.15, 0.2) is 6.61 Å². The topological polar surface area (TPSA) is 68.5 Å². The van der Waals surface area contributed by atoms with E-state index < -0.39 is 5.92 Å². The number of hydrogen-bond donors (Lipinski definition) is 0. The number of carbonyl (C=O) groups excluding carboxylic acids is 1. The highest BCUT2D eigenvalue weighted by atomic mass is 19.3. The fraction of sp³-hybridized carbons (Fsp3) is 0.591. The van der Waals surface area contributed by atoms with Gasteiger partial charge in [0.25, 0.3) is 5.92 Å². The molecule has 3 fully saturated rings. The molecule has 0 N–H and O–H groups in total. The lowest BCUT2D eigenvalue weighted by molar-refractivity contribution is -0.144. The van der Waals surface area contributed by atoms with Gasteiger partial charge >= 0.3 is 0 Å². The van der Waals surface area contributed by atoms with Gasteiger partial charge in [-0.25, -0.2) is 8.78 Å². The van der Waals surface area contributed by atoms with Crippen molar-refractivity contribution < 1.29 is 22.8 Å². The van der Waals surface area contributed by atoms with Gasteiger partial charge < -0.3 is 14.2 Å². The summed E-state index contributed by atoms with van der Waals surface area (Å²) in [4.78, 5) is 19.4. The van der Waals surface area contributed by atoms with Gasteiger partial charge in [-0.15, -0.1) is 0 Å². The van der Waals surface area contributed by atoms with Gasteiger partial charge in [0, 0.05) is 25.9 Å². The van der Waals surface area contributed by atoms with Crippen molar-refractivity contribution in [3.05, 3.63) is 42.0 Å². The minimum absolute atomic E-state index is 0.0250. The number of benzene rings is 1. The Labute approximate surface area is 173 Å². The molecule has 2 aliphatic carbocycles. The largest absolute Gasteiger partial charge is 0.485 e. The van der Waals surface area contributed by atoms with Crippen molar-refractivity contribution in [1.29, 1.82) is 0 Å². The van der Waals surface area contributed by atoms with E-state index in [1.165, 1.54) is 0 Å². The number of ether oxygens (including phenoxy) is 1. The van der Waals surface area contributed by atoms with E-state index in [4.69, 9.17) is 9.26 Å². The maximum absolute atomic E-state index is 13.5. The zero-order chi connectivity index (χ0) is 20.7. The molecule has 3 aliphatic rings. The van der Waals surface area contributed by atoms with Crippen molar-refractivity contribution in [3.63, 3.8) is 0 Å². The van der Waals surface area contributed by atoms with Crippen molar-refractivity contribution in [2.75, 3.05) is 13.1 Å². The first-order chi connectivity index (χ1) is 14.5. The van der Waals surface area contributed by atoms with Crippen LogP contribution in [0.2, 0.25) is 0 Å². The van der Waals surface area contributed by atoms with Gasteiger partial charge in [-0.3, -0.25) is 4.79 Å². The molecule has 2 aromatic rings. The molecule has 2 saturated carbocycles. The first-order valence-electron chi connectivity index (χ1n) is 10.7. The van der Waals surface area contributed by atoms with Crippen LogP contribution in [0.3, 0.4) is 0 Å². The van der Waals surface area contributed by atoms with E-state index in [9.17, 15) is 13.6 Å². The van der Waals surface area contributed by atoms with Crippen LogP contribution in [0.4, 0.5) is 8.78 Å². The van der Waals surface area contributed by atoms with E-state index >= 15 is 0 Å². The molecule has 0 spiro atoms. The van der Waals surface area contributed by atoms with Crippen molar-refractivity contribution in [1.82, 2.24) is 15.0 Å². The molecule has 1 aromatic carbocycles. The molecule has 1 aliphatic heterocycles. The summed E-state index contributed by atoms with van der Waals surface area (Å²) in [6, 6.07) is 9.40. The average Bonchev–Trinajstić information content (AvgIpc) is 3.48. The SMILES string of the molecule is O=C([C@H]1[C@H]2CC[C@H](C2)[C@@H]1c1nc(COc2ccccc2)no1)N1CCC(F)(F)CC1. The van der Waals surface area contributed by atoms with Crippen molar-refractivity contribution in [2.24, 2.45) is 17.8 Å². The number of likely N-dealkylation sites (tertiary alicyclic amines) is 1. The smallest absolute Gasteiger partial charge is 0.251 e. The molecule has 160 valence electrons. The summed E-state index contributed by atoms with van der Waals surface area (Å²) in [5.41, 5.74) is 0. The number of piperidine rings is 1. The van der Waals surface area contributed by atoms with E-state index in [2.05, 4.69) is 10.1 Å². The van der Waals surface area contributed by atoms with Gasteiger partial charge in [0.05, 0.1) is 11.8 Å². The van der Waals surface area contributed by atoms with Crippen molar-refractivity contribution in [3.8, 4) is 5.75 Å². The summed E-state index contributed by atoms with van der Waals surface area (Å²) in [6.45, 7) is 0.424. The fourth-order valence-electron chi connectivity index (χ4n) is 5.39. The van der Waals surface area contributed by atoms with Gasteiger partial charge in [0.2, 0.25) is 17.6 Å². The molecule has 4 atom stereocenters. The first-order valence-corrected chi connectivity index (χ1v) is 10.7. The summed E-state index contributed by atoms with van der Waals surface area (Å²) in [5.74, 6) is -0.818. The van der Waals surface area contributed by atoms with Gasteiger partial charge in [-0.05, 0) is 43.2 Å². The van der Waals surface area contributed by atoms with Crippen LogP contribution >= 0.6 is 0 Å². The highest BCUT2D eigenvalue weighted by Gasteiger charge is 2.55. The number of aromatic nitrogens is 2. The maximum Gasteiger partial charge on any atom is 0.251 e. The van der Waals surface area contributed by atoms with Crippen LogP contribution < -0.4 is 4.74 Å². The monoisotopic (exact) mass is 417 g/mol. The van der Waals surface area contributed by atoms with E-state index in [1.54, 1.807) is 4.90 Å². The summed E-state index contributed by atoms with van der Waals surface area (Å²) in [6.07, 6.45) is 2.48. The molecular weight excluding hydrogens is 392 g/mol. The highest BCUT2D eigenvalue weighted by Crippen LogP contribution is 2.57. The molecule has 6 nitrogen and oxygen atoms in total. The van der Waals surface area contributed by atoms with E-state index in [0.29, 0.717) is 17.6 Å². The molecule has 30 heavy (non-hydrogen) atoms. The van der Waals surface area contributed by atoms with Crippen molar-refractivity contribution >= 4 is 5.91 Å². The number of nitrogens with zero attached hydrogens (tertiary/aromatic N) is 3. The molecule has 1 aromatic heterocycles. The zero-order valence-corrected chi connectivity index (χ0v) is 16.7. The van der Waals surface area contributed by atoms with Crippen LogP contribution in [-0.4, -0.2) is 40.0 Å². The van der Waals surface area contributed by atoms with Crippen LogP contribution in [0.15, 0.2) is 34.9 Å². The Morgan fingerprint density at radius 2 is 1.90 bits per heavy atom. The molecule has 0 radical (unpaired) electrons. The van der Waals surface area contributed by atoms with Crippen LogP contribution in [0.25, 0.3) is 0 Å². The highest BCUT2D eigenvalue weighted by molar-refractivity contribution is 5.81. The van der Waals surface area contributed by atoms with Gasteiger partial charge in [-0.2, -0.15) is 4.98 Å². The van der Waals surface area contributed by atoms with Crippen LogP contribution in [0.5, 0.6) is 5.75 Å². The number of halogens is 2. The molecule has 2 heterocycles. The van der Waals surface area contributed by atoms with E-state index in [0.717, 1.165) is 25.0 Å². The Bertz CT molecular complexity index is 894. The standard InChI is InChI=1S/C22H25F2N3O3/c23-22(24)8-10-27(11-9-22)21(28)19-15-7-6-14(12-15)18(19)20-25-17(26-30-20)13-29-16-4-2-1-3-5-16/h1-5,14-15,18-19H,6-13H2/t14-,15+,18+,19+/m1/s1. The second-order valence-corrected chi connectivity index (χ2v) is 8.72. The Kier molecular flexibility index (Phi) is 4.95. The molecule has 2 bridgehead atoms. The number of fused-ring (bicyclic) bond motifs is 2. The molecule has 5 rings (SSSR count). The quantitative estimate of drug-likeness (QED) is 0.735. The second-order valence-electron chi connectivity index (χ2n) is 8.72. The Hall–Kier alpha value is -2.51. The normalized spacial score (nSPS) is 29.9. The number of carbonyl (C=O) groups is 1. The Balaban J connectivity index is 1.29. The number of hydrogen-bond acceptors (Lipinski definition) is 5. The minimum atomic E-state index is -2.66. The van der Waals surface area contributed by atoms with Crippen molar-refractivity contribution in [2.45, 2.75) is 50.6 Å². The zero-order valence-electron chi connectivity index (χ0n) is 16.7. The lowest BCUT2D eigenvalue weighted by Crippen LogP contribution is -2.47. The number of amides is 1. The predicted octanol–water partition coefficient (Wildman–Crippen LogP) is 4.04. The second kappa shape index (κ2) is 7.63. The third-order valence-electron chi connectivity index (χ3n) is 6.89. The van der Waals surface area contributed by atoms with Crippen LogP contribution in [0, 0.1) is 17.8 Å². The molecule has 1 saturated heterocycles. The minimum Gasteiger partial charge on any atom is -0.485 e. The number of rotatable bonds is 5. The summed E-state index contributed by atoms with van der Waals surface area (Å²) >= 11 is 0. The van der Waals surface area contributed by atoms with Crippen LogP contribution in [0.1, 0.15) is 49.7 Å². The third kappa shape index (κ3) is 3.68. The number of para-hydroxylation sites is 1. The summed E-state index contributed by atoms with van der Waals surface area (Å²) in [7, 11) is 0. The van der Waals surface area contributed by atoms with E-state index in [1.807, 2.05) is 30.3 Å². The fourth-order valence-corrected chi connectivity index (χ4v) is 5.39. The van der Waals surface area contributed by atoms with E-state index in [-0.39, 0.29) is 56.2 Å².